The Bertz CT molecular complexity index is 212. The number of hydrogen-bond donors (Lipinski definition) is 1. The Morgan fingerprint density at radius 2 is 2.23 bits per heavy atom. The van der Waals surface area contributed by atoms with E-state index in [1.807, 2.05) is 0 Å². The van der Waals surface area contributed by atoms with Crippen molar-refractivity contribution in [2.75, 3.05) is 6.61 Å². The Balaban J connectivity index is 2.14. The van der Waals surface area contributed by atoms with Crippen LogP contribution in [0.5, 0.6) is 0 Å². The first-order valence-corrected chi connectivity index (χ1v) is 5.04. The molecule has 0 unspecified atom stereocenters. The Morgan fingerprint density at radius 1 is 1.46 bits per heavy atom. The summed E-state index contributed by atoms with van der Waals surface area (Å²) >= 11 is 0. The van der Waals surface area contributed by atoms with Crippen LogP contribution in [0.4, 0.5) is 0 Å². The van der Waals surface area contributed by atoms with Crippen LogP contribution in [0.15, 0.2) is 0 Å². The molecule has 0 aromatic carbocycles. The highest BCUT2D eigenvalue weighted by molar-refractivity contribution is 5.70. The molecule has 3 nitrogen and oxygen atoms in total. The molecule has 0 aromatic heterocycles. The van der Waals surface area contributed by atoms with Gasteiger partial charge in [-0.2, -0.15) is 0 Å². The molecule has 0 amide bonds. The third kappa shape index (κ3) is 1.46. The van der Waals surface area contributed by atoms with Crippen molar-refractivity contribution in [3.05, 3.63) is 0 Å². The van der Waals surface area contributed by atoms with E-state index in [0.29, 0.717) is 5.92 Å². The summed E-state index contributed by atoms with van der Waals surface area (Å²) < 4.78 is 5.59. The van der Waals surface area contributed by atoms with Crippen LogP contribution < -0.4 is 0 Å². The van der Waals surface area contributed by atoms with E-state index in [0.717, 1.165) is 25.9 Å². The third-order valence-electron chi connectivity index (χ3n) is 3.45. The van der Waals surface area contributed by atoms with Crippen LogP contribution in [0.3, 0.4) is 0 Å². The smallest absolute Gasteiger partial charge is 0.306 e. The molecule has 1 saturated heterocycles. The van der Waals surface area contributed by atoms with E-state index in [1.54, 1.807) is 0 Å². The minimum atomic E-state index is -0.632. The summed E-state index contributed by atoms with van der Waals surface area (Å²) in [6.07, 6.45) is 3.12. The molecule has 2 rings (SSSR count). The molecule has 2 aliphatic rings. The van der Waals surface area contributed by atoms with Gasteiger partial charge in [-0.05, 0) is 25.2 Å². The van der Waals surface area contributed by atoms with Gasteiger partial charge in [-0.1, -0.05) is 6.92 Å². The standard InChI is InChI=1S/C10H16O3/c1-6-5-13-8-4-2-3-7(9(6)8)10(11)12/h6-9H,2-5H2,1H3,(H,11,12)/t6-,7+,8-,9-/m1/s1. The highest BCUT2D eigenvalue weighted by Crippen LogP contribution is 2.41. The maximum Gasteiger partial charge on any atom is 0.306 e. The molecule has 74 valence electrons. The number of fused-ring (bicyclic) bond motifs is 1. The normalized spacial score (nSPS) is 44.4. The van der Waals surface area contributed by atoms with Gasteiger partial charge in [0.2, 0.25) is 0 Å². The van der Waals surface area contributed by atoms with Crippen molar-refractivity contribution in [1.29, 1.82) is 0 Å². The van der Waals surface area contributed by atoms with E-state index >= 15 is 0 Å². The number of carbonyl (C=O) groups is 1. The lowest BCUT2D eigenvalue weighted by atomic mass is 9.73. The molecule has 0 spiro atoms. The first-order valence-electron chi connectivity index (χ1n) is 5.04. The molecule has 1 N–H and O–H groups in total. The largest absolute Gasteiger partial charge is 0.481 e. The van der Waals surface area contributed by atoms with Crippen molar-refractivity contribution in [3.8, 4) is 0 Å². The third-order valence-corrected chi connectivity index (χ3v) is 3.45. The maximum atomic E-state index is 11.0. The zero-order valence-electron chi connectivity index (χ0n) is 7.90. The first kappa shape index (κ1) is 9.00. The quantitative estimate of drug-likeness (QED) is 0.672. The fraction of sp³-hybridized carbons (Fsp3) is 0.900. The lowest BCUT2D eigenvalue weighted by Gasteiger charge is -2.31. The van der Waals surface area contributed by atoms with E-state index in [2.05, 4.69) is 6.92 Å². The number of aliphatic carboxylic acids is 1. The summed E-state index contributed by atoms with van der Waals surface area (Å²) in [5, 5.41) is 9.05. The van der Waals surface area contributed by atoms with Crippen molar-refractivity contribution in [1.82, 2.24) is 0 Å². The number of hydrogen-bond acceptors (Lipinski definition) is 2. The lowest BCUT2D eigenvalue weighted by Crippen LogP contribution is -2.36. The second kappa shape index (κ2) is 3.29. The van der Waals surface area contributed by atoms with Gasteiger partial charge < -0.3 is 9.84 Å². The summed E-state index contributed by atoms with van der Waals surface area (Å²) in [5.74, 6) is -0.0963. The van der Waals surface area contributed by atoms with Gasteiger partial charge >= 0.3 is 5.97 Å². The molecule has 1 heterocycles. The number of carboxylic acid groups (broad SMARTS) is 1. The molecule has 4 atom stereocenters. The summed E-state index contributed by atoms with van der Waals surface area (Å²) in [6, 6.07) is 0. The van der Waals surface area contributed by atoms with Gasteiger partial charge in [0.1, 0.15) is 0 Å². The van der Waals surface area contributed by atoms with Gasteiger partial charge in [-0.3, -0.25) is 4.79 Å². The monoisotopic (exact) mass is 184 g/mol. The molecule has 1 aliphatic heterocycles. The zero-order valence-corrected chi connectivity index (χ0v) is 7.90. The number of rotatable bonds is 1. The van der Waals surface area contributed by atoms with Gasteiger partial charge in [-0.25, -0.2) is 0 Å². The number of ether oxygens (including phenoxy) is 1. The van der Waals surface area contributed by atoms with Crippen LogP contribution in [0.1, 0.15) is 26.2 Å². The van der Waals surface area contributed by atoms with E-state index in [9.17, 15) is 4.79 Å². The van der Waals surface area contributed by atoms with Gasteiger partial charge in [0.05, 0.1) is 12.0 Å². The Morgan fingerprint density at radius 3 is 2.92 bits per heavy atom. The molecule has 0 radical (unpaired) electrons. The Kier molecular flexibility index (Phi) is 2.28. The Hall–Kier alpha value is -0.570. The highest BCUT2D eigenvalue weighted by atomic mass is 16.5. The highest BCUT2D eigenvalue weighted by Gasteiger charge is 2.44. The van der Waals surface area contributed by atoms with Crippen LogP contribution in [0, 0.1) is 17.8 Å². The second-order valence-electron chi connectivity index (χ2n) is 4.30. The molecule has 1 aliphatic carbocycles. The average molecular weight is 184 g/mol. The summed E-state index contributed by atoms with van der Waals surface area (Å²) in [4.78, 5) is 11.0. The number of carboxylic acids is 1. The van der Waals surface area contributed by atoms with Crippen LogP contribution in [0.2, 0.25) is 0 Å². The minimum Gasteiger partial charge on any atom is -0.481 e. The predicted octanol–water partition coefficient (Wildman–Crippen LogP) is 1.52. The molecule has 0 bridgehead atoms. The summed E-state index contributed by atoms with van der Waals surface area (Å²) in [5.41, 5.74) is 0. The van der Waals surface area contributed by atoms with Gasteiger partial charge in [-0.15, -0.1) is 0 Å². The van der Waals surface area contributed by atoms with Crippen molar-refractivity contribution >= 4 is 5.97 Å². The fourth-order valence-electron chi connectivity index (χ4n) is 2.82. The van der Waals surface area contributed by atoms with Crippen LogP contribution in [-0.4, -0.2) is 23.8 Å². The van der Waals surface area contributed by atoms with E-state index < -0.39 is 5.97 Å². The molecule has 3 heteroatoms. The van der Waals surface area contributed by atoms with Crippen molar-refractivity contribution < 1.29 is 14.6 Å². The van der Waals surface area contributed by atoms with Gasteiger partial charge in [0.15, 0.2) is 0 Å². The SMILES string of the molecule is C[C@@H]1CO[C@@H]2CCC[C@H](C(=O)O)[C@@H]12. The van der Waals surface area contributed by atoms with Crippen molar-refractivity contribution in [3.63, 3.8) is 0 Å². The van der Waals surface area contributed by atoms with Crippen LogP contribution >= 0.6 is 0 Å². The lowest BCUT2D eigenvalue weighted by molar-refractivity contribution is -0.146. The first-order chi connectivity index (χ1) is 6.20. The molecule has 2 fully saturated rings. The molecule has 13 heavy (non-hydrogen) atoms. The van der Waals surface area contributed by atoms with Gasteiger partial charge in [0, 0.05) is 12.5 Å². The van der Waals surface area contributed by atoms with E-state index in [4.69, 9.17) is 9.84 Å². The molecule has 1 saturated carbocycles. The Labute approximate surface area is 78.1 Å². The molecule has 0 aromatic rings. The van der Waals surface area contributed by atoms with E-state index in [-0.39, 0.29) is 17.9 Å². The summed E-state index contributed by atoms with van der Waals surface area (Å²) in [6.45, 7) is 2.85. The van der Waals surface area contributed by atoms with Crippen LogP contribution in [-0.2, 0) is 9.53 Å². The van der Waals surface area contributed by atoms with Crippen LogP contribution in [0.25, 0.3) is 0 Å². The van der Waals surface area contributed by atoms with Crippen molar-refractivity contribution in [2.45, 2.75) is 32.3 Å². The molecular weight excluding hydrogens is 168 g/mol. The topological polar surface area (TPSA) is 46.5 Å². The maximum absolute atomic E-state index is 11.0. The fourth-order valence-corrected chi connectivity index (χ4v) is 2.82. The second-order valence-corrected chi connectivity index (χ2v) is 4.30. The van der Waals surface area contributed by atoms with E-state index in [1.165, 1.54) is 0 Å². The van der Waals surface area contributed by atoms with Crippen molar-refractivity contribution in [2.24, 2.45) is 17.8 Å². The minimum absolute atomic E-state index is 0.156. The zero-order chi connectivity index (χ0) is 9.42. The summed E-state index contributed by atoms with van der Waals surface area (Å²) in [7, 11) is 0. The predicted molar refractivity (Wildman–Crippen MR) is 47.4 cm³/mol. The average Bonchev–Trinajstić information content (AvgIpc) is 2.48. The molecular formula is C10H16O3. The van der Waals surface area contributed by atoms with Gasteiger partial charge in [0.25, 0.3) is 0 Å².